The molecule has 4 rings (SSSR count). The fourth-order valence-electron chi connectivity index (χ4n) is 4.07. The number of aryl methyl sites for hydroxylation is 1. The van der Waals surface area contributed by atoms with Gasteiger partial charge in [-0.15, -0.1) is 11.6 Å². The second-order valence-electron chi connectivity index (χ2n) is 8.06. The normalized spacial score (nSPS) is 11.7. The van der Waals surface area contributed by atoms with Crippen LogP contribution in [0.3, 0.4) is 0 Å². The number of hydrogen-bond donors (Lipinski definition) is 2. The number of carbonyl (C=O) groups excluding carboxylic acids is 1. The summed E-state index contributed by atoms with van der Waals surface area (Å²) in [7, 11) is -2.18. The highest BCUT2D eigenvalue weighted by Gasteiger charge is 2.23. The first-order chi connectivity index (χ1) is 16.7. The topological polar surface area (TPSA) is 88.3 Å². The van der Waals surface area contributed by atoms with E-state index in [-0.39, 0.29) is 17.2 Å². The Kier molecular flexibility index (Phi) is 7.52. The lowest BCUT2D eigenvalue weighted by molar-refractivity contribution is 0.103. The summed E-state index contributed by atoms with van der Waals surface area (Å²) in [6.07, 6.45) is 0.374. The highest BCUT2D eigenvalue weighted by Crippen LogP contribution is 2.34. The molecule has 4 aromatic rings. The molecule has 1 heterocycles. The van der Waals surface area contributed by atoms with Gasteiger partial charge in [0, 0.05) is 39.6 Å². The van der Waals surface area contributed by atoms with Gasteiger partial charge in [-0.2, -0.15) is 0 Å². The van der Waals surface area contributed by atoms with Crippen LogP contribution in [-0.2, 0) is 22.3 Å². The average Bonchev–Trinajstić information content (AvgIpc) is 3.18. The monoisotopic (exact) mass is 530 g/mol. The molecule has 3 aromatic carbocycles. The van der Waals surface area contributed by atoms with Crippen molar-refractivity contribution in [3.63, 3.8) is 0 Å². The van der Waals surface area contributed by atoms with E-state index in [9.17, 15) is 13.2 Å². The van der Waals surface area contributed by atoms with E-state index < -0.39 is 10.0 Å². The van der Waals surface area contributed by atoms with E-state index in [4.69, 9.17) is 27.9 Å². The Morgan fingerprint density at radius 3 is 2.34 bits per heavy atom. The Balaban J connectivity index is 1.67. The van der Waals surface area contributed by atoms with Crippen LogP contribution in [0.4, 0.5) is 0 Å². The third kappa shape index (κ3) is 5.23. The van der Waals surface area contributed by atoms with Crippen LogP contribution in [-0.4, -0.2) is 32.8 Å². The molecule has 0 aliphatic carbocycles. The van der Waals surface area contributed by atoms with Gasteiger partial charge in [-0.25, -0.2) is 13.1 Å². The molecular weight excluding hydrogens is 507 g/mol. The van der Waals surface area contributed by atoms with Gasteiger partial charge < -0.3 is 9.72 Å². The predicted molar refractivity (Wildman–Crippen MR) is 139 cm³/mol. The minimum Gasteiger partial charge on any atom is -0.496 e. The number of ketones is 1. The minimum atomic E-state index is -3.70. The lowest BCUT2D eigenvalue weighted by Crippen LogP contribution is -2.26. The Hall–Kier alpha value is -2.84. The molecule has 0 fully saturated rings. The fourth-order valence-corrected chi connectivity index (χ4v) is 5.41. The molecule has 0 aliphatic rings. The van der Waals surface area contributed by atoms with Crippen molar-refractivity contribution < 1.29 is 17.9 Å². The van der Waals surface area contributed by atoms with Crippen LogP contribution in [0, 0.1) is 6.92 Å². The summed E-state index contributed by atoms with van der Waals surface area (Å²) in [5.74, 6) is 0.552. The molecule has 0 amide bonds. The number of rotatable bonds is 9. The standard InChI is InChI=1S/C26H24Cl2N2O4S/c1-16-21(13-14-29-35(32,33)20-9-3-17(15-27)4-10-20)24-22(30-16)11-12-23(34-2)25(24)26(31)18-5-7-19(28)8-6-18/h3-12,29-30H,13-15H2,1-2H3. The van der Waals surface area contributed by atoms with Crippen molar-refractivity contribution in [1.82, 2.24) is 9.71 Å². The zero-order valence-electron chi connectivity index (χ0n) is 19.2. The number of nitrogens with one attached hydrogen (secondary N) is 2. The maximum Gasteiger partial charge on any atom is 0.240 e. The largest absolute Gasteiger partial charge is 0.496 e. The molecule has 6 nitrogen and oxygen atoms in total. The van der Waals surface area contributed by atoms with Crippen LogP contribution < -0.4 is 9.46 Å². The van der Waals surface area contributed by atoms with Crippen molar-refractivity contribution in [2.75, 3.05) is 13.7 Å². The van der Waals surface area contributed by atoms with Gasteiger partial charge in [0.15, 0.2) is 5.78 Å². The van der Waals surface area contributed by atoms with E-state index >= 15 is 0 Å². The lowest BCUT2D eigenvalue weighted by atomic mass is 9.95. The van der Waals surface area contributed by atoms with Crippen molar-refractivity contribution in [2.24, 2.45) is 0 Å². The van der Waals surface area contributed by atoms with E-state index in [0.29, 0.717) is 39.6 Å². The van der Waals surface area contributed by atoms with E-state index in [1.807, 2.05) is 13.0 Å². The Morgan fingerprint density at radius 1 is 1.03 bits per heavy atom. The molecule has 0 saturated carbocycles. The van der Waals surface area contributed by atoms with Gasteiger partial charge in [-0.1, -0.05) is 23.7 Å². The van der Waals surface area contributed by atoms with Gasteiger partial charge in [0.2, 0.25) is 10.0 Å². The average molecular weight is 531 g/mol. The molecule has 0 atom stereocenters. The first kappa shape index (κ1) is 25.3. The highest BCUT2D eigenvalue weighted by atomic mass is 35.5. The van der Waals surface area contributed by atoms with Crippen molar-refractivity contribution in [3.8, 4) is 5.75 Å². The molecule has 182 valence electrons. The number of fused-ring (bicyclic) bond motifs is 1. The molecule has 2 N–H and O–H groups in total. The van der Waals surface area contributed by atoms with Gasteiger partial charge in [-0.3, -0.25) is 4.79 Å². The van der Waals surface area contributed by atoms with Crippen LogP contribution in [0.1, 0.15) is 32.7 Å². The second kappa shape index (κ2) is 10.4. The van der Waals surface area contributed by atoms with Gasteiger partial charge in [0.1, 0.15) is 5.75 Å². The van der Waals surface area contributed by atoms with E-state index in [2.05, 4.69) is 9.71 Å². The maximum atomic E-state index is 13.5. The number of H-pyrrole nitrogens is 1. The highest BCUT2D eigenvalue weighted by molar-refractivity contribution is 7.89. The Labute approximate surface area is 214 Å². The van der Waals surface area contributed by atoms with Crippen LogP contribution in [0.5, 0.6) is 5.75 Å². The smallest absolute Gasteiger partial charge is 0.240 e. The second-order valence-corrected chi connectivity index (χ2v) is 10.5. The first-order valence-corrected chi connectivity index (χ1v) is 13.3. The van der Waals surface area contributed by atoms with Crippen molar-refractivity contribution in [3.05, 3.63) is 93.6 Å². The summed E-state index contributed by atoms with van der Waals surface area (Å²) in [5.41, 5.74) is 4.21. The van der Waals surface area contributed by atoms with Gasteiger partial charge in [0.05, 0.1) is 17.6 Å². The first-order valence-electron chi connectivity index (χ1n) is 10.9. The molecular formula is C26H24Cl2N2O4S. The third-order valence-corrected chi connectivity index (χ3v) is 7.89. The molecule has 0 unspecified atom stereocenters. The number of halogens is 2. The summed E-state index contributed by atoms with van der Waals surface area (Å²) in [5, 5.41) is 1.25. The number of ether oxygens (including phenoxy) is 1. The number of aromatic amines is 1. The molecule has 0 saturated heterocycles. The minimum absolute atomic E-state index is 0.152. The summed E-state index contributed by atoms with van der Waals surface area (Å²) < 4.78 is 33.7. The Morgan fingerprint density at radius 2 is 1.71 bits per heavy atom. The number of benzene rings is 3. The fraction of sp³-hybridized carbons (Fsp3) is 0.192. The zero-order valence-corrected chi connectivity index (χ0v) is 21.5. The number of sulfonamides is 1. The number of hydrogen-bond acceptors (Lipinski definition) is 4. The number of alkyl halides is 1. The van der Waals surface area contributed by atoms with Crippen LogP contribution in [0.25, 0.3) is 10.9 Å². The number of aromatic nitrogens is 1. The predicted octanol–water partition coefficient (Wildman–Crippen LogP) is 5.63. The van der Waals surface area contributed by atoms with Crippen LogP contribution in [0.2, 0.25) is 5.02 Å². The number of carbonyl (C=O) groups is 1. The molecule has 0 aliphatic heterocycles. The van der Waals surface area contributed by atoms with Gasteiger partial charge in [-0.05, 0) is 73.0 Å². The van der Waals surface area contributed by atoms with E-state index in [1.165, 1.54) is 19.2 Å². The van der Waals surface area contributed by atoms with Crippen molar-refractivity contribution in [2.45, 2.75) is 24.1 Å². The zero-order chi connectivity index (χ0) is 25.2. The van der Waals surface area contributed by atoms with E-state index in [0.717, 1.165) is 22.3 Å². The molecule has 0 spiro atoms. The van der Waals surface area contributed by atoms with Crippen molar-refractivity contribution in [1.29, 1.82) is 0 Å². The van der Waals surface area contributed by atoms with Crippen LogP contribution in [0.15, 0.2) is 65.6 Å². The van der Waals surface area contributed by atoms with Gasteiger partial charge in [0.25, 0.3) is 0 Å². The van der Waals surface area contributed by atoms with Crippen LogP contribution >= 0.6 is 23.2 Å². The quantitative estimate of drug-likeness (QED) is 0.217. The van der Waals surface area contributed by atoms with Crippen molar-refractivity contribution >= 4 is 49.9 Å². The SMILES string of the molecule is COc1ccc2[nH]c(C)c(CCNS(=O)(=O)c3ccc(CCl)cc3)c2c1C(=O)c1ccc(Cl)cc1. The van der Waals surface area contributed by atoms with Gasteiger partial charge >= 0.3 is 0 Å². The number of methoxy groups -OCH3 is 1. The third-order valence-electron chi connectivity index (χ3n) is 5.85. The summed E-state index contributed by atoms with van der Waals surface area (Å²) in [6.45, 7) is 2.05. The molecule has 9 heteroatoms. The van der Waals surface area contributed by atoms with E-state index in [1.54, 1.807) is 42.5 Å². The Bertz CT molecular complexity index is 1480. The lowest BCUT2D eigenvalue weighted by Gasteiger charge is -2.12. The summed E-state index contributed by atoms with van der Waals surface area (Å²) in [6, 6.07) is 16.7. The molecule has 1 aromatic heterocycles. The summed E-state index contributed by atoms with van der Waals surface area (Å²) >= 11 is 11.8. The molecule has 35 heavy (non-hydrogen) atoms. The molecule has 0 bridgehead atoms. The summed E-state index contributed by atoms with van der Waals surface area (Å²) in [4.78, 5) is 17.0. The maximum absolute atomic E-state index is 13.5. The molecule has 0 radical (unpaired) electrons.